The molecule has 1 saturated heterocycles. The summed E-state index contributed by atoms with van der Waals surface area (Å²) in [4.78, 5) is 6.30. The van der Waals surface area contributed by atoms with Crippen molar-refractivity contribution in [2.45, 2.75) is 49.2 Å². The van der Waals surface area contributed by atoms with Crippen LogP contribution in [0.25, 0.3) is 5.57 Å². The Hall–Kier alpha value is -3.68. The summed E-state index contributed by atoms with van der Waals surface area (Å²) in [6, 6.07) is 9.26. The number of benzene rings is 1. The van der Waals surface area contributed by atoms with E-state index in [1.165, 1.54) is 37.0 Å². The molecule has 0 aliphatic carbocycles. The van der Waals surface area contributed by atoms with Gasteiger partial charge in [-0.1, -0.05) is 112 Å². The van der Waals surface area contributed by atoms with Gasteiger partial charge in [-0.3, -0.25) is 0 Å². The van der Waals surface area contributed by atoms with Crippen LogP contribution >= 0.6 is 11.8 Å². The fourth-order valence-electron chi connectivity index (χ4n) is 7.48. The van der Waals surface area contributed by atoms with Crippen molar-refractivity contribution in [1.82, 2.24) is 23.9 Å². The van der Waals surface area contributed by atoms with Gasteiger partial charge in [-0.25, -0.2) is 4.98 Å². The molecule has 5 nitrogen and oxygen atoms in total. The zero-order chi connectivity index (χ0) is 30.2. The molecule has 0 bridgehead atoms. The highest BCUT2D eigenvalue weighted by Gasteiger charge is 2.50. The predicted octanol–water partition coefficient (Wildman–Crippen LogP) is 5.16. The van der Waals surface area contributed by atoms with E-state index in [9.17, 15) is 0 Å². The van der Waals surface area contributed by atoms with Crippen LogP contribution in [0.2, 0.25) is 13.1 Å². The first-order valence-electron chi connectivity index (χ1n) is 15.6. The molecule has 0 radical (unpaired) electrons. The molecule has 44 heavy (non-hydrogen) atoms. The first-order valence-corrected chi connectivity index (χ1v) is 19.4. The summed E-state index contributed by atoms with van der Waals surface area (Å²) in [5, 5.41) is 4.12. The molecule has 1 aromatic carbocycles. The molecule has 7 heterocycles. The molecule has 11 heteroatoms. The summed E-state index contributed by atoms with van der Waals surface area (Å²) in [7, 11) is -1.95. The first-order chi connectivity index (χ1) is 21.2. The fourth-order valence-corrected chi connectivity index (χ4v) is 12.9. The van der Waals surface area contributed by atoms with Gasteiger partial charge in [-0.2, -0.15) is 0 Å². The smallest absolute Gasteiger partial charge is 0.380 e. The molecular weight excluding hydrogens is 570 g/mol. The van der Waals surface area contributed by atoms with Crippen molar-refractivity contribution in [3.8, 4) is 0 Å². The normalized spacial score (nSPS) is 20.5. The lowest BCUT2D eigenvalue weighted by Gasteiger charge is -2.53. The van der Waals surface area contributed by atoms with E-state index in [1.807, 2.05) is 18.0 Å². The SMILES string of the molecule is CC(C)(C)c1ccc2c(c1C1=CN3B4C=CC=CN4B4C=CC=CN4B4C=CC=CN4B3C=C1)Sc1ncccc1[Si]2(C)C. The fraction of sp³-hybridized carbons (Fsp3) is 0.182. The third-order valence-electron chi connectivity index (χ3n) is 9.71. The number of nitrogens with zero attached hydrogens (tertiary/aromatic N) is 5. The maximum absolute atomic E-state index is 4.91. The number of fused-ring (bicyclic) bond motifs is 10. The van der Waals surface area contributed by atoms with E-state index < -0.39 is 8.07 Å². The molecule has 0 unspecified atom stereocenters. The van der Waals surface area contributed by atoms with Crippen molar-refractivity contribution in [3.05, 3.63) is 133 Å². The Morgan fingerprint density at radius 2 is 1.30 bits per heavy atom. The maximum Gasteiger partial charge on any atom is 0.380 e. The van der Waals surface area contributed by atoms with Crippen molar-refractivity contribution in [1.29, 1.82) is 0 Å². The van der Waals surface area contributed by atoms with Crippen molar-refractivity contribution in [2.24, 2.45) is 0 Å². The van der Waals surface area contributed by atoms with E-state index in [0.717, 1.165) is 0 Å². The van der Waals surface area contributed by atoms with Gasteiger partial charge in [0.05, 0.1) is 0 Å². The monoisotopic (exact) mass is 605 g/mol. The highest BCUT2D eigenvalue weighted by molar-refractivity contribution is 8.00. The number of rotatable bonds is 1. The zero-order valence-electron chi connectivity index (χ0n) is 26.0. The molecule has 1 aromatic heterocycles. The molecule has 0 amide bonds. The highest BCUT2D eigenvalue weighted by Crippen LogP contribution is 2.43. The lowest BCUT2D eigenvalue weighted by Crippen LogP contribution is -2.73. The Kier molecular flexibility index (Phi) is 6.44. The second-order valence-electron chi connectivity index (χ2n) is 13.8. The van der Waals surface area contributed by atoms with Gasteiger partial charge in [0.25, 0.3) is 0 Å². The van der Waals surface area contributed by atoms with E-state index in [2.05, 4.69) is 168 Å². The standard InChI is InChI=1S/C33H35B4N5SSi/c1-33(2,3)27-14-15-28-31(43-32-29(44(28,4)5)13-12-21-38-32)30(27)26-16-20-37-41-24-10-7-18-35(41)39-22-9-6-17-34(39)40-23-11-8-19-36(40)42(37)25-26/h6-25H,1-5H3. The van der Waals surface area contributed by atoms with Crippen molar-refractivity contribution < 1.29 is 0 Å². The number of aromatic nitrogens is 1. The third kappa shape index (κ3) is 4.23. The molecular formula is C33H35B4N5SSi. The molecule has 0 N–H and O–H groups in total. The van der Waals surface area contributed by atoms with Crippen LogP contribution in [0.5, 0.6) is 0 Å². The summed E-state index contributed by atoms with van der Waals surface area (Å²) in [6.07, 6.45) is 26.5. The van der Waals surface area contributed by atoms with Crippen molar-refractivity contribution in [3.63, 3.8) is 0 Å². The van der Waals surface area contributed by atoms with Crippen LogP contribution in [-0.2, 0) is 5.41 Å². The Balaban J connectivity index is 1.32. The summed E-state index contributed by atoms with van der Waals surface area (Å²) in [5.41, 5.74) is 4.00. The van der Waals surface area contributed by atoms with Crippen molar-refractivity contribution in [2.75, 3.05) is 0 Å². The molecule has 0 saturated carbocycles. The number of hydrogen-bond donors (Lipinski definition) is 0. The minimum atomic E-state index is -1.95. The van der Waals surface area contributed by atoms with E-state index in [4.69, 9.17) is 4.98 Å². The molecule has 0 spiro atoms. The van der Waals surface area contributed by atoms with Gasteiger partial charge in [-0.05, 0) is 76.0 Å². The van der Waals surface area contributed by atoms with Gasteiger partial charge in [0.15, 0.2) is 0 Å². The Morgan fingerprint density at radius 3 is 1.91 bits per heavy atom. The Labute approximate surface area is 268 Å². The van der Waals surface area contributed by atoms with E-state index in [0.29, 0.717) is 0 Å². The van der Waals surface area contributed by atoms with Crippen LogP contribution < -0.4 is 10.4 Å². The highest BCUT2D eigenvalue weighted by atomic mass is 32.2. The molecule has 1 fully saturated rings. The average molecular weight is 605 g/mol. The molecule has 214 valence electrons. The van der Waals surface area contributed by atoms with Gasteiger partial charge in [0.2, 0.25) is 0 Å². The van der Waals surface area contributed by atoms with Crippen LogP contribution in [0.3, 0.4) is 0 Å². The van der Waals surface area contributed by atoms with E-state index >= 15 is 0 Å². The molecule has 2 aromatic rings. The average Bonchev–Trinajstić information content (AvgIpc) is 3.03. The van der Waals surface area contributed by atoms with E-state index in [-0.39, 0.29) is 33.3 Å². The van der Waals surface area contributed by atoms with Gasteiger partial charge < -0.3 is 18.9 Å². The van der Waals surface area contributed by atoms with Gasteiger partial charge in [0, 0.05) is 16.7 Å². The second kappa shape index (κ2) is 10.2. The minimum Gasteiger partial charge on any atom is -0.423 e. The van der Waals surface area contributed by atoms with Gasteiger partial charge in [-0.15, -0.1) is 0 Å². The quantitative estimate of drug-likeness (QED) is 0.418. The van der Waals surface area contributed by atoms with Crippen molar-refractivity contribution >= 4 is 63.7 Å². The van der Waals surface area contributed by atoms with Crippen LogP contribution in [-0.4, -0.2) is 59.9 Å². The maximum atomic E-state index is 4.91. The van der Waals surface area contributed by atoms with Crippen LogP contribution in [0.4, 0.5) is 0 Å². The summed E-state index contributed by atoms with van der Waals surface area (Å²) >= 11 is 1.87. The summed E-state index contributed by atoms with van der Waals surface area (Å²) in [5.74, 6) is 9.37. The lowest BCUT2D eigenvalue weighted by molar-refractivity contribution is 0.586. The first kappa shape index (κ1) is 27.8. The third-order valence-corrected chi connectivity index (χ3v) is 14.7. The zero-order valence-corrected chi connectivity index (χ0v) is 27.8. The van der Waals surface area contributed by atoms with Crippen LogP contribution in [0.15, 0.2) is 132 Å². The van der Waals surface area contributed by atoms with E-state index in [1.54, 1.807) is 0 Å². The lowest BCUT2D eigenvalue weighted by atomic mass is 9.41. The number of hydrogen-bond acceptors (Lipinski definition) is 6. The largest absolute Gasteiger partial charge is 0.423 e. The van der Waals surface area contributed by atoms with Gasteiger partial charge >= 0.3 is 27.9 Å². The minimum absolute atomic E-state index is 0.0203. The summed E-state index contributed by atoms with van der Waals surface area (Å²) < 4.78 is 9.99. The summed E-state index contributed by atoms with van der Waals surface area (Å²) in [6.45, 7) is 12.3. The second-order valence-corrected chi connectivity index (χ2v) is 19.1. The number of pyridine rings is 1. The van der Waals surface area contributed by atoms with Gasteiger partial charge in [0.1, 0.15) is 13.1 Å². The molecule has 8 rings (SSSR count). The van der Waals surface area contributed by atoms with Crippen LogP contribution in [0.1, 0.15) is 31.9 Å². The number of allylic oxidation sites excluding steroid dienone is 8. The topological polar surface area (TPSA) is 25.9 Å². The van der Waals surface area contributed by atoms with Crippen LogP contribution in [0, 0.1) is 0 Å². The predicted molar refractivity (Wildman–Crippen MR) is 193 cm³/mol. The molecule has 0 atom stereocenters. The molecule has 6 aliphatic heterocycles. The Morgan fingerprint density at radius 1 is 0.705 bits per heavy atom. The Bertz CT molecular complexity index is 1760. The molecule has 6 aliphatic rings.